The van der Waals surface area contributed by atoms with Crippen LogP contribution in [0.3, 0.4) is 0 Å². The van der Waals surface area contributed by atoms with Crippen LogP contribution in [-0.4, -0.2) is 23.1 Å². The van der Waals surface area contributed by atoms with Gasteiger partial charge in [-0.05, 0) is 54.1 Å². The van der Waals surface area contributed by atoms with Gasteiger partial charge in [-0.3, -0.25) is 0 Å². The molecule has 0 radical (unpaired) electrons. The van der Waals surface area contributed by atoms with E-state index in [0.29, 0.717) is 0 Å². The van der Waals surface area contributed by atoms with E-state index in [-0.39, 0.29) is 0 Å². The van der Waals surface area contributed by atoms with Gasteiger partial charge in [0, 0.05) is 24.8 Å². The van der Waals surface area contributed by atoms with E-state index in [1.54, 1.807) is 0 Å². The van der Waals surface area contributed by atoms with Crippen molar-refractivity contribution in [3.05, 3.63) is 36.0 Å². The van der Waals surface area contributed by atoms with Crippen LogP contribution >= 0.6 is 11.8 Å². The largest absolute Gasteiger partial charge is 0.347 e. The van der Waals surface area contributed by atoms with Gasteiger partial charge in [-0.15, -0.1) is 0 Å². The average molecular weight is 262 g/mol. The van der Waals surface area contributed by atoms with Gasteiger partial charge in [-0.1, -0.05) is 13.0 Å². The number of nitrogens with one attached hydrogen (secondary N) is 1. The molecule has 0 saturated heterocycles. The highest BCUT2D eigenvalue weighted by molar-refractivity contribution is 7.98. The fraction of sp³-hybridized carbons (Fsp3) is 0.467. The van der Waals surface area contributed by atoms with Crippen molar-refractivity contribution in [1.82, 2.24) is 9.88 Å². The molecule has 0 atom stereocenters. The van der Waals surface area contributed by atoms with Crippen LogP contribution in [0.4, 0.5) is 0 Å². The van der Waals surface area contributed by atoms with Crippen molar-refractivity contribution < 1.29 is 0 Å². The fourth-order valence-corrected chi connectivity index (χ4v) is 2.62. The minimum atomic E-state index is 0.962. The Hall–Kier alpha value is -0.930. The number of hydrogen-bond acceptors (Lipinski definition) is 2. The molecule has 2 nitrogen and oxygen atoms in total. The Kier molecular flexibility index (Phi) is 5.14. The van der Waals surface area contributed by atoms with Crippen LogP contribution in [0.1, 0.15) is 18.9 Å². The van der Waals surface area contributed by atoms with Crippen LogP contribution in [0, 0.1) is 0 Å². The summed E-state index contributed by atoms with van der Waals surface area (Å²) < 4.78 is 2.36. The zero-order valence-electron chi connectivity index (χ0n) is 11.3. The van der Waals surface area contributed by atoms with Gasteiger partial charge in [-0.2, -0.15) is 11.8 Å². The van der Waals surface area contributed by atoms with Crippen molar-refractivity contribution in [3.8, 4) is 0 Å². The normalized spacial score (nSPS) is 11.2. The predicted octanol–water partition coefficient (Wildman–Crippen LogP) is 3.50. The molecule has 0 amide bonds. The summed E-state index contributed by atoms with van der Waals surface area (Å²) in [6.45, 7) is 5.25. The molecule has 0 aliphatic heterocycles. The molecule has 18 heavy (non-hydrogen) atoms. The van der Waals surface area contributed by atoms with Crippen molar-refractivity contribution in [2.24, 2.45) is 0 Å². The van der Waals surface area contributed by atoms with E-state index in [1.165, 1.54) is 28.6 Å². The van der Waals surface area contributed by atoms with Crippen LogP contribution in [0.25, 0.3) is 10.9 Å². The van der Waals surface area contributed by atoms with Crippen LogP contribution < -0.4 is 5.32 Å². The second-order valence-electron chi connectivity index (χ2n) is 4.53. The molecule has 2 aromatic rings. The quantitative estimate of drug-likeness (QED) is 0.769. The van der Waals surface area contributed by atoms with Crippen LogP contribution in [0.15, 0.2) is 30.5 Å². The van der Waals surface area contributed by atoms with E-state index in [1.807, 2.05) is 11.8 Å². The maximum absolute atomic E-state index is 3.37. The number of aryl methyl sites for hydroxylation is 1. The van der Waals surface area contributed by atoms with Crippen molar-refractivity contribution in [3.63, 3.8) is 0 Å². The predicted molar refractivity (Wildman–Crippen MR) is 82.3 cm³/mol. The molecule has 0 aliphatic rings. The van der Waals surface area contributed by atoms with E-state index < -0.39 is 0 Å². The third-order valence-electron chi connectivity index (χ3n) is 3.16. The molecule has 1 aromatic heterocycles. The van der Waals surface area contributed by atoms with Gasteiger partial charge in [0.2, 0.25) is 0 Å². The maximum Gasteiger partial charge on any atom is 0.0480 e. The van der Waals surface area contributed by atoms with Crippen molar-refractivity contribution >= 4 is 22.7 Å². The lowest BCUT2D eigenvalue weighted by Crippen LogP contribution is -2.11. The first kappa shape index (κ1) is 13.5. The molecule has 1 aromatic carbocycles. The Morgan fingerprint density at radius 1 is 1.28 bits per heavy atom. The molecule has 1 N–H and O–H groups in total. The van der Waals surface area contributed by atoms with Crippen molar-refractivity contribution in [1.29, 1.82) is 0 Å². The van der Waals surface area contributed by atoms with Gasteiger partial charge in [0.1, 0.15) is 0 Å². The van der Waals surface area contributed by atoms with E-state index in [9.17, 15) is 0 Å². The zero-order valence-corrected chi connectivity index (χ0v) is 12.1. The number of aromatic nitrogens is 1. The molecule has 0 unspecified atom stereocenters. The van der Waals surface area contributed by atoms with E-state index in [2.05, 4.69) is 53.5 Å². The van der Waals surface area contributed by atoms with Crippen LogP contribution in [0.2, 0.25) is 0 Å². The molecule has 3 heteroatoms. The van der Waals surface area contributed by atoms with E-state index >= 15 is 0 Å². The van der Waals surface area contributed by atoms with Crippen LogP contribution in [-0.2, 0) is 13.1 Å². The lowest BCUT2D eigenvalue weighted by molar-refractivity contribution is 0.708. The van der Waals surface area contributed by atoms with Gasteiger partial charge in [0.05, 0.1) is 0 Å². The van der Waals surface area contributed by atoms with Crippen molar-refractivity contribution in [2.75, 3.05) is 18.6 Å². The number of thioether (sulfide) groups is 1. The summed E-state index contributed by atoms with van der Waals surface area (Å²) in [5.41, 5.74) is 2.72. The Balaban J connectivity index is 2.10. The minimum absolute atomic E-state index is 0.962. The van der Waals surface area contributed by atoms with E-state index in [4.69, 9.17) is 0 Å². The van der Waals surface area contributed by atoms with Gasteiger partial charge >= 0.3 is 0 Å². The second-order valence-corrected chi connectivity index (χ2v) is 5.51. The molecule has 0 saturated carbocycles. The molecule has 98 valence electrons. The summed E-state index contributed by atoms with van der Waals surface area (Å²) in [4.78, 5) is 0. The average Bonchev–Trinajstić information content (AvgIpc) is 2.79. The molecular weight excluding hydrogens is 240 g/mol. The third-order valence-corrected chi connectivity index (χ3v) is 3.86. The molecule has 0 spiro atoms. The number of nitrogens with zero attached hydrogens (tertiary/aromatic N) is 1. The second kappa shape index (κ2) is 6.86. The topological polar surface area (TPSA) is 17.0 Å². The molecule has 0 fully saturated rings. The van der Waals surface area contributed by atoms with Gasteiger partial charge < -0.3 is 9.88 Å². The third kappa shape index (κ3) is 3.30. The number of hydrogen-bond donors (Lipinski definition) is 1. The highest BCUT2D eigenvalue weighted by Gasteiger charge is 2.02. The number of benzene rings is 1. The molecule has 0 aliphatic carbocycles. The summed E-state index contributed by atoms with van der Waals surface area (Å²) in [5, 5.41) is 4.72. The summed E-state index contributed by atoms with van der Waals surface area (Å²) in [6, 6.07) is 9.00. The lowest BCUT2D eigenvalue weighted by atomic mass is 10.1. The monoisotopic (exact) mass is 262 g/mol. The first-order valence-electron chi connectivity index (χ1n) is 6.62. The van der Waals surface area contributed by atoms with Gasteiger partial charge in [0.25, 0.3) is 0 Å². The Labute approximate surface area is 114 Å². The first-order valence-corrected chi connectivity index (χ1v) is 8.02. The summed E-state index contributed by atoms with van der Waals surface area (Å²) in [6.07, 6.45) is 5.62. The fourth-order valence-electron chi connectivity index (χ4n) is 2.20. The first-order chi connectivity index (χ1) is 8.85. The van der Waals surface area contributed by atoms with Crippen molar-refractivity contribution in [2.45, 2.75) is 26.4 Å². The molecule has 2 rings (SSSR count). The number of fused-ring (bicyclic) bond motifs is 1. The number of rotatable bonds is 7. The van der Waals surface area contributed by atoms with Crippen LogP contribution in [0.5, 0.6) is 0 Å². The Bertz CT molecular complexity index is 490. The smallest absolute Gasteiger partial charge is 0.0480 e. The maximum atomic E-state index is 3.37. The zero-order chi connectivity index (χ0) is 12.8. The highest BCUT2D eigenvalue weighted by atomic mass is 32.2. The highest BCUT2D eigenvalue weighted by Crippen LogP contribution is 2.18. The van der Waals surface area contributed by atoms with Gasteiger partial charge in [-0.25, -0.2) is 0 Å². The Morgan fingerprint density at radius 3 is 2.94 bits per heavy atom. The lowest BCUT2D eigenvalue weighted by Gasteiger charge is -2.06. The molecule has 0 bridgehead atoms. The van der Waals surface area contributed by atoms with E-state index in [0.717, 1.165) is 19.6 Å². The summed E-state index contributed by atoms with van der Waals surface area (Å²) in [5.74, 6) is 1.23. The Morgan fingerprint density at radius 2 is 2.17 bits per heavy atom. The van der Waals surface area contributed by atoms with Gasteiger partial charge in [0.15, 0.2) is 0 Å². The SMILES string of the molecule is CCNCc1ccc2c(ccn2CCCSC)c1. The summed E-state index contributed by atoms with van der Waals surface area (Å²) in [7, 11) is 0. The molecular formula is C15H22N2S. The summed E-state index contributed by atoms with van der Waals surface area (Å²) >= 11 is 1.92. The minimum Gasteiger partial charge on any atom is -0.347 e. The molecule has 1 heterocycles. The standard InChI is InChI=1S/C15H22N2S/c1-3-16-12-13-5-6-15-14(11-13)7-9-17(15)8-4-10-18-2/h5-7,9,11,16H,3-4,8,10,12H2,1-2H3.